The first-order valence-electron chi connectivity index (χ1n) is 11.2. The molecule has 0 bridgehead atoms. The summed E-state index contributed by atoms with van der Waals surface area (Å²) in [5, 5.41) is 8.23. The van der Waals surface area contributed by atoms with E-state index < -0.39 is 0 Å². The van der Waals surface area contributed by atoms with Gasteiger partial charge in [0, 0.05) is 36.5 Å². The number of anilines is 1. The molecule has 0 saturated heterocycles. The normalized spacial score (nSPS) is 13.6. The van der Waals surface area contributed by atoms with E-state index in [0.29, 0.717) is 17.6 Å². The molecule has 1 N–H and O–H groups in total. The van der Waals surface area contributed by atoms with Gasteiger partial charge in [-0.2, -0.15) is 0 Å². The maximum atomic E-state index is 12.6. The zero-order valence-electron chi connectivity index (χ0n) is 18.3. The van der Waals surface area contributed by atoms with Gasteiger partial charge in [0.15, 0.2) is 5.13 Å². The topological polar surface area (TPSA) is 45.2 Å². The Morgan fingerprint density at radius 1 is 1.06 bits per heavy atom. The third kappa shape index (κ3) is 4.90. The van der Waals surface area contributed by atoms with Crippen LogP contribution in [0.15, 0.2) is 72.1 Å². The van der Waals surface area contributed by atoms with Gasteiger partial charge in [-0.1, -0.05) is 72.3 Å². The van der Waals surface area contributed by atoms with Crippen molar-refractivity contribution in [1.82, 2.24) is 9.88 Å². The summed E-state index contributed by atoms with van der Waals surface area (Å²) < 4.78 is 0. The number of rotatable bonds is 8. The maximum absolute atomic E-state index is 12.6. The summed E-state index contributed by atoms with van der Waals surface area (Å²) >= 11 is 1.48. The number of fused-ring (bicyclic) bond motifs is 1. The van der Waals surface area contributed by atoms with Crippen LogP contribution in [-0.4, -0.2) is 28.4 Å². The van der Waals surface area contributed by atoms with Gasteiger partial charge in [0.05, 0.1) is 5.69 Å². The van der Waals surface area contributed by atoms with Gasteiger partial charge in [-0.05, 0) is 36.1 Å². The van der Waals surface area contributed by atoms with Crippen LogP contribution in [0.4, 0.5) is 5.13 Å². The molecule has 1 aliphatic carbocycles. The van der Waals surface area contributed by atoms with Crippen molar-refractivity contribution in [3.63, 3.8) is 0 Å². The number of thiazole rings is 1. The van der Waals surface area contributed by atoms with E-state index in [1.165, 1.54) is 46.1 Å². The number of carbonyl (C=O) groups is 1. The van der Waals surface area contributed by atoms with Gasteiger partial charge >= 0.3 is 0 Å². The van der Waals surface area contributed by atoms with E-state index in [0.717, 1.165) is 24.3 Å². The van der Waals surface area contributed by atoms with Crippen molar-refractivity contribution in [2.45, 2.75) is 38.8 Å². The smallest absolute Gasteiger partial charge is 0.227 e. The van der Waals surface area contributed by atoms with Gasteiger partial charge in [-0.15, -0.1) is 11.3 Å². The van der Waals surface area contributed by atoms with E-state index in [1.54, 1.807) is 0 Å². The van der Waals surface area contributed by atoms with Crippen molar-refractivity contribution in [2.75, 3.05) is 11.9 Å². The van der Waals surface area contributed by atoms with Crippen molar-refractivity contribution in [3.05, 3.63) is 83.2 Å². The molecule has 4 nitrogen and oxygen atoms in total. The average molecular weight is 442 g/mol. The van der Waals surface area contributed by atoms with Crippen molar-refractivity contribution >= 4 is 33.1 Å². The first kappa shape index (κ1) is 20.9. The van der Waals surface area contributed by atoms with E-state index in [4.69, 9.17) is 0 Å². The molecule has 0 radical (unpaired) electrons. The Bertz CT molecular complexity index is 1220. The summed E-state index contributed by atoms with van der Waals surface area (Å²) in [4.78, 5) is 19.7. The number of amides is 1. The number of nitrogens with zero attached hydrogens (tertiary/aromatic N) is 2. The van der Waals surface area contributed by atoms with Crippen LogP contribution < -0.4 is 5.32 Å². The highest BCUT2D eigenvalue weighted by atomic mass is 32.1. The number of benzene rings is 3. The highest BCUT2D eigenvalue weighted by Crippen LogP contribution is 2.30. The maximum Gasteiger partial charge on any atom is 0.227 e. The van der Waals surface area contributed by atoms with Crippen LogP contribution in [0, 0.1) is 6.92 Å². The molecule has 3 aromatic carbocycles. The molecule has 0 atom stereocenters. The largest absolute Gasteiger partial charge is 0.302 e. The predicted octanol–water partition coefficient (Wildman–Crippen LogP) is 6.26. The summed E-state index contributed by atoms with van der Waals surface area (Å²) in [6.07, 6.45) is 2.91. The fourth-order valence-electron chi connectivity index (χ4n) is 4.09. The fraction of sp³-hybridized carbons (Fsp3) is 0.259. The van der Waals surface area contributed by atoms with Crippen molar-refractivity contribution in [3.8, 4) is 11.3 Å². The zero-order chi connectivity index (χ0) is 21.9. The summed E-state index contributed by atoms with van der Waals surface area (Å²) in [5.74, 6) is 0.0263. The minimum atomic E-state index is 0.0263. The number of aromatic nitrogens is 1. The number of hydrogen-bond acceptors (Lipinski definition) is 4. The van der Waals surface area contributed by atoms with Gasteiger partial charge in [0.2, 0.25) is 5.91 Å². The van der Waals surface area contributed by atoms with Crippen molar-refractivity contribution in [1.29, 1.82) is 0 Å². The lowest BCUT2D eigenvalue weighted by atomic mass is 10.0. The first-order valence-corrected chi connectivity index (χ1v) is 12.1. The molecule has 162 valence electrons. The van der Waals surface area contributed by atoms with Crippen molar-refractivity contribution < 1.29 is 4.79 Å². The molecule has 5 rings (SSSR count). The molecule has 32 heavy (non-hydrogen) atoms. The molecule has 4 aromatic rings. The van der Waals surface area contributed by atoms with Crippen LogP contribution >= 0.6 is 11.3 Å². The summed E-state index contributed by atoms with van der Waals surface area (Å²) in [7, 11) is 0. The lowest BCUT2D eigenvalue weighted by molar-refractivity contribution is -0.116. The third-order valence-electron chi connectivity index (χ3n) is 6.04. The van der Waals surface area contributed by atoms with Gasteiger partial charge in [-0.3, -0.25) is 9.69 Å². The second-order valence-corrected chi connectivity index (χ2v) is 9.40. The zero-order valence-corrected chi connectivity index (χ0v) is 19.1. The SMILES string of the molecule is Cc1ccc(-c2csc(NC(=O)CCN(Cc3cccc4ccccc34)C3CC3)n2)cc1. The van der Waals surface area contributed by atoms with Crippen LogP contribution in [0.2, 0.25) is 0 Å². The molecule has 5 heteroatoms. The second kappa shape index (κ2) is 9.23. The standard InChI is InChI=1S/C27H27N3OS/c1-19-9-11-21(12-10-19)25-18-32-27(28-25)29-26(31)15-16-30(23-13-14-23)17-22-7-4-6-20-5-2-3-8-24(20)22/h2-12,18,23H,13-17H2,1H3,(H,28,29,31). The Morgan fingerprint density at radius 3 is 2.66 bits per heavy atom. The van der Waals surface area contributed by atoms with E-state index in [1.807, 2.05) is 5.38 Å². The minimum Gasteiger partial charge on any atom is -0.302 e. The van der Waals surface area contributed by atoms with Crippen LogP contribution in [0.5, 0.6) is 0 Å². The van der Waals surface area contributed by atoms with Crippen LogP contribution in [0.3, 0.4) is 0 Å². The molecule has 0 unspecified atom stereocenters. The van der Waals surface area contributed by atoms with E-state index in [-0.39, 0.29) is 5.91 Å². The third-order valence-corrected chi connectivity index (χ3v) is 6.80. The fourth-order valence-corrected chi connectivity index (χ4v) is 4.83. The molecule has 1 saturated carbocycles. The first-order chi connectivity index (χ1) is 15.7. The highest BCUT2D eigenvalue weighted by molar-refractivity contribution is 7.14. The van der Waals surface area contributed by atoms with Crippen LogP contribution in [0.25, 0.3) is 22.0 Å². The van der Waals surface area contributed by atoms with Gasteiger partial charge in [-0.25, -0.2) is 4.98 Å². The molecule has 1 aliphatic rings. The molecule has 1 fully saturated rings. The lowest BCUT2D eigenvalue weighted by Gasteiger charge is -2.22. The van der Waals surface area contributed by atoms with Gasteiger partial charge in [0.1, 0.15) is 0 Å². The minimum absolute atomic E-state index is 0.0263. The Kier molecular flexibility index (Phi) is 6.02. The number of aryl methyl sites for hydroxylation is 1. The predicted molar refractivity (Wildman–Crippen MR) is 133 cm³/mol. The molecular weight excluding hydrogens is 414 g/mol. The molecule has 0 aliphatic heterocycles. The summed E-state index contributed by atoms with van der Waals surface area (Å²) in [6.45, 7) is 3.71. The number of carbonyl (C=O) groups excluding carboxylic acids is 1. The Labute approximate surface area is 192 Å². The molecular formula is C27H27N3OS. The quantitative estimate of drug-likeness (QED) is 0.351. The second-order valence-electron chi connectivity index (χ2n) is 8.54. The van der Waals surface area contributed by atoms with Gasteiger partial charge in [0.25, 0.3) is 0 Å². The number of nitrogens with one attached hydrogen (secondary N) is 1. The van der Waals surface area contributed by atoms with E-state index in [9.17, 15) is 4.79 Å². The van der Waals surface area contributed by atoms with Crippen LogP contribution in [-0.2, 0) is 11.3 Å². The Hall–Kier alpha value is -3.02. The summed E-state index contributed by atoms with van der Waals surface area (Å²) in [5.41, 5.74) is 4.53. The average Bonchev–Trinajstić information content (AvgIpc) is 3.56. The molecule has 1 aromatic heterocycles. The van der Waals surface area contributed by atoms with Gasteiger partial charge < -0.3 is 5.32 Å². The number of hydrogen-bond donors (Lipinski definition) is 1. The molecule has 0 spiro atoms. The van der Waals surface area contributed by atoms with Crippen LogP contribution in [0.1, 0.15) is 30.4 Å². The summed E-state index contributed by atoms with van der Waals surface area (Å²) in [6, 6.07) is 23.9. The Morgan fingerprint density at radius 2 is 1.84 bits per heavy atom. The lowest BCUT2D eigenvalue weighted by Crippen LogP contribution is -2.29. The van der Waals surface area contributed by atoms with E-state index >= 15 is 0 Å². The molecule has 1 amide bonds. The van der Waals surface area contributed by atoms with E-state index in [2.05, 4.69) is 88.9 Å². The van der Waals surface area contributed by atoms with Crippen molar-refractivity contribution in [2.24, 2.45) is 0 Å². The monoisotopic (exact) mass is 441 g/mol. The Balaban J connectivity index is 1.20. The molecule has 1 heterocycles. The highest BCUT2D eigenvalue weighted by Gasteiger charge is 2.29.